The van der Waals surface area contributed by atoms with E-state index in [0.29, 0.717) is 6.04 Å². The number of rotatable bonds is 1. The molecule has 1 aliphatic rings. The van der Waals surface area contributed by atoms with E-state index in [1.54, 1.807) is 6.20 Å². The van der Waals surface area contributed by atoms with Gasteiger partial charge in [0.15, 0.2) is 0 Å². The van der Waals surface area contributed by atoms with E-state index in [1.807, 2.05) is 6.92 Å². The summed E-state index contributed by atoms with van der Waals surface area (Å²) in [4.78, 5) is 4.21. The Morgan fingerprint density at radius 3 is 3.08 bits per heavy atom. The second-order valence-corrected chi connectivity index (χ2v) is 3.31. The Balaban J connectivity index is 2.08. The van der Waals surface area contributed by atoms with Gasteiger partial charge in [0, 0.05) is 0 Å². The third-order valence-electron chi connectivity index (χ3n) is 2.25. The smallest absolute Gasteiger partial charge is 0.211 e. The number of hydrogen-bond donors (Lipinski definition) is 1. The largest absolute Gasteiger partial charge is 0.444 e. The van der Waals surface area contributed by atoms with Crippen molar-refractivity contribution in [2.45, 2.75) is 32.2 Å². The van der Waals surface area contributed by atoms with Gasteiger partial charge in [-0.05, 0) is 26.3 Å². The number of hydrogen-bond acceptors (Lipinski definition) is 3. The lowest BCUT2D eigenvalue weighted by Crippen LogP contribution is -2.26. The second kappa shape index (κ2) is 3.27. The number of aromatic nitrogens is 1. The Hall–Kier alpha value is -0.830. The van der Waals surface area contributed by atoms with Crippen LogP contribution in [-0.4, -0.2) is 11.5 Å². The highest BCUT2D eigenvalue weighted by atomic mass is 16.4. The highest BCUT2D eigenvalue weighted by Crippen LogP contribution is 2.21. The van der Waals surface area contributed by atoms with Crippen molar-refractivity contribution in [2.24, 2.45) is 0 Å². The monoisotopic (exact) mass is 166 g/mol. The first kappa shape index (κ1) is 7.80. The summed E-state index contributed by atoms with van der Waals surface area (Å²) in [6.45, 7) is 3.02. The van der Waals surface area contributed by atoms with Gasteiger partial charge in [-0.1, -0.05) is 6.42 Å². The van der Waals surface area contributed by atoms with Gasteiger partial charge in [0.05, 0.1) is 12.2 Å². The second-order valence-electron chi connectivity index (χ2n) is 3.31. The molecule has 1 aromatic heterocycles. The fraction of sp³-hybridized carbons (Fsp3) is 0.667. The summed E-state index contributed by atoms with van der Waals surface area (Å²) in [5.41, 5.74) is 0. The quantitative estimate of drug-likeness (QED) is 0.691. The van der Waals surface area contributed by atoms with Gasteiger partial charge < -0.3 is 9.73 Å². The minimum atomic E-state index is 0.354. The number of piperidine rings is 1. The van der Waals surface area contributed by atoms with Crippen molar-refractivity contribution < 1.29 is 4.42 Å². The summed E-state index contributed by atoms with van der Waals surface area (Å²) in [6, 6.07) is 0.354. The Kier molecular flexibility index (Phi) is 2.13. The van der Waals surface area contributed by atoms with Gasteiger partial charge in [0.25, 0.3) is 0 Å². The average molecular weight is 166 g/mol. The van der Waals surface area contributed by atoms with Crippen LogP contribution in [0, 0.1) is 6.92 Å². The van der Waals surface area contributed by atoms with Gasteiger partial charge in [0.1, 0.15) is 5.76 Å². The van der Waals surface area contributed by atoms with Crippen LogP contribution < -0.4 is 5.32 Å². The van der Waals surface area contributed by atoms with E-state index in [0.717, 1.165) is 24.6 Å². The molecule has 66 valence electrons. The molecule has 1 atom stereocenters. The summed E-state index contributed by atoms with van der Waals surface area (Å²) >= 11 is 0. The molecule has 0 aromatic carbocycles. The van der Waals surface area contributed by atoms with Crippen molar-refractivity contribution in [3.05, 3.63) is 17.8 Å². The van der Waals surface area contributed by atoms with Crippen LogP contribution in [0.2, 0.25) is 0 Å². The summed E-state index contributed by atoms with van der Waals surface area (Å²) in [6.07, 6.45) is 5.49. The lowest BCUT2D eigenvalue weighted by molar-refractivity contribution is 0.333. The zero-order valence-electron chi connectivity index (χ0n) is 7.34. The molecule has 0 unspecified atom stereocenters. The average Bonchev–Trinajstić information content (AvgIpc) is 2.54. The lowest BCUT2D eigenvalue weighted by atomic mass is 10.1. The molecular weight excluding hydrogens is 152 g/mol. The Labute approximate surface area is 72.2 Å². The minimum Gasteiger partial charge on any atom is -0.444 e. The molecule has 1 fully saturated rings. The fourth-order valence-corrected chi connectivity index (χ4v) is 1.60. The summed E-state index contributed by atoms with van der Waals surface area (Å²) in [5, 5.41) is 3.39. The maximum Gasteiger partial charge on any atom is 0.211 e. The standard InChI is InChI=1S/C9H14N2O/c1-7-6-11-9(12-7)8-4-2-3-5-10-8/h6,8,10H,2-5H2,1H3/t8-/m0/s1. The lowest BCUT2D eigenvalue weighted by Gasteiger charge is -2.20. The maximum atomic E-state index is 5.45. The molecule has 1 saturated heterocycles. The van der Waals surface area contributed by atoms with Crippen LogP contribution in [0.5, 0.6) is 0 Å². The molecule has 0 saturated carbocycles. The van der Waals surface area contributed by atoms with Gasteiger partial charge in [-0.2, -0.15) is 0 Å². The van der Waals surface area contributed by atoms with Crippen molar-refractivity contribution in [1.82, 2.24) is 10.3 Å². The molecule has 1 aliphatic heterocycles. The van der Waals surface area contributed by atoms with E-state index >= 15 is 0 Å². The molecule has 1 N–H and O–H groups in total. The normalized spacial score (nSPS) is 24.2. The van der Waals surface area contributed by atoms with Gasteiger partial charge in [0.2, 0.25) is 5.89 Å². The van der Waals surface area contributed by atoms with Gasteiger partial charge >= 0.3 is 0 Å². The number of nitrogens with zero attached hydrogens (tertiary/aromatic N) is 1. The molecule has 0 radical (unpaired) electrons. The SMILES string of the molecule is Cc1cnc([C@@H]2CCCCN2)o1. The third-order valence-corrected chi connectivity index (χ3v) is 2.25. The van der Waals surface area contributed by atoms with E-state index in [9.17, 15) is 0 Å². The van der Waals surface area contributed by atoms with Crippen molar-refractivity contribution in [1.29, 1.82) is 0 Å². The van der Waals surface area contributed by atoms with Crippen molar-refractivity contribution >= 4 is 0 Å². The Morgan fingerprint density at radius 1 is 1.58 bits per heavy atom. The fourth-order valence-electron chi connectivity index (χ4n) is 1.60. The van der Waals surface area contributed by atoms with Gasteiger partial charge in [-0.3, -0.25) is 0 Å². The predicted octanol–water partition coefficient (Wildman–Crippen LogP) is 1.80. The topological polar surface area (TPSA) is 38.1 Å². The molecule has 1 aromatic rings. The molecule has 0 bridgehead atoms. The molecular formula is C9H14N2O. The van der Waals surface area contributed by atoms with Crippen LogP contribution in [-0.2, 0) is 0 Å². The van der Waals surface area contributed by atoms with Crippen LogP contribution in [0.25, 0.3) is 0 Å². The van der Waals surface area contributed by atoms with E-state index in [1.165, 1.54) is 12.8 Å². The first-order valence-electron chi connectivity index (χ1n) is 4.52. The molecule has 0 spiro atoms. The number of nitrogens with one attached hydrogen (secondary N) is 1. The van der Waals surface area contributed by atoms with E-state index in [2.05, 4.69) is 10.3 Å². The highest BCUT2D eigenvalue weighted by Gasteiger charge is 2.18. The first-order valence-corrected chi connectivity index (χ1v) is 4.52. The molecule has 12 heavy (non-hydrogen) atoms. The number of oxazole rings is 1. The zero-order chi connectivity index (χ0) is 8.39. The molecule has 0 aliphatic carbocycles. The third kappa shape index (κ3) is 1.50. The number of aryl methyl sites for hydroxylation is 1. The highest BCUT2D eigenvalue weighted by molar-refractivity contribution is 4.97. The zero-order valence-corrected chi connectivity index (χ0v) is 7.34. The van der Waals surface area contributed by atoms with Crippen LogP contribution in [0.1, 0.15) is 37.0 Å². The van der Waals surface area contributed by atoms with E-state index in [-0.39, 0.29) is 0 Å². The van der Waals surface area contributed by atoms with Crippen molar-refractivity contribution in [2.75, 3.05) is 6.54 Å². The van der Waals surface area contributed by atoms with Crippen LogP contribution in [0.4, 0.5) is 0 Å². The first-order chi connectivity index (χ1) is 5.86. The minimum absolute atomic E-state index is 0.354. The van der Waals surface area contributed by atoms with Crippen LogP contribution >= 0.6 is 0 Å². The van der Waals surface area contributed by atoms with E-state index in [4.69, 9.17) is 4.42 Å². The van der Waals surface area contributed by atoms with Crippen molar-refractivity contribution in [3.8, 4) is 0 Å². The van der Waals surface area contributed by atoms with Crippen molar-refractivity contribution in [3.63, 3.8) is 0 Å². The van der Waals surface area contributed by atoms with Gasteiger partial charge in [-0.15, -0.1) is 0 Å². The molecule has 3 nitrogen and oxygen atoms in total. The predicted molar refractivity (Wildman–Crippen MR) is 45.8 cm³/mol. The molecule has 2 rings (SSSR count). The van der Waals surface area contributed by atoms with E-state index < -0.39 is 0 Å². The van der Waals surface area contributed by atoms with Crippen LogP contribution in [0.3, 0.4) is 0 Å². The molecule has 3 heteroatoms. The Morgan fingerprint density at radius 2 is 2.50 bits per heavy atom. The van der Waals surface area contributed by atoms with Crippen LogP contribution in [0.15, 0.2) is 10.6 Å². The summed E-state index contributed by atoms with van der Waals surface area (Å²) in [7, 11) is 0. The molecule has 0 amide bonds. The molecule has 2 heterocycles. The summed E-state index contributed by atoms with van der Waals surface area (Å²) in [5.74, 6) is 1.75. The van der Waals surface area contributed by atoms with Gasteiger partial charge in [-0.25, -0.2) is 4.98 Å². The summed E-state index contributed by atoms with van der Waals surface area (Å²) < 4.78 is 5.45. The Bertz CT molecular complexity index is 251. The maximum absolute atomic E-state index is 5.45.